The van der Waals surface area contributed by atoms with Gasteiger partial charge in [0.25, 0.3) is 0 Å². The van der Waals surface area contributed by atoms with Gasteiger partial charge in [0.05, 0.1) is 0 Å². The number of hydrogen-bond donors (Lipinski definition) is 0. The van der Waals surface area contributed by atoms with E-state index in [1.54, 1.807) is 0 Å². The Kier molecular flexibility index (Phi) is 52.8. The predicted octanol–water partition coefficient (Wildman–Crippen LogP) is -5.75. The fourth-order valence-corrected chi connectivity index (χ4v) is 0. The summed E-state index contributed by atoms with van der Waals surface area (Å²) >= 11 is -4.08. The number of hydrogen-bond acceptors (Lipinski definition) is 7. The van der Waals surface area contributed by atoms with E-state index < -0.39 is 30.6 Å². The van der Waals surface area contributed by atoms with Crippen LogP contribution in [0.3, 0.4) is 0 Å². The van der Waals surface area contributed by atoms with E-state index in [4.69, 9.17) is 30.5 Å². The van der Waals surface area contributed by atoms with Crippen LogP contribution in [-0.4, -0.2) is 110 Å². The van der Waals surface area contributed by atoms with E-state index in [0.717, 1.165) is 13.8 Å². The van der Waals surface area contributed by atoms with E-state index >= 15 is 0 Å². The van der Waals surface area contributed by atoms with Gasteiger partial charge < -0.3 is 19.8 Å². The van der Waals surface area contributed by atoms with Gasteiger partial charge in [-0.2, -0.15) is 0 Å². The summed E-state index contributed by atoms with van der Waals surface area (Å²) in [5.41, 5.74) is 0. The van der Waals surface area contributed by atoms with Gasteiger partial charge in [-0.3, -0.25) is 0 Å². The van der Waals surface area contributed by atoms with Crippen LogP contribution in [0.4, 0.5) is 0 Å². The van der Waals surface area contributed by atoms with Crippen molar-refractivity contribution in [2.45, 2.75) is 13.8 Å². The molecule has 72 valence electrons. The molecule has 0 atom stereocenters. The Hall–Kier alpha value is 2.52. The molecule has 7 nitrogen and oxygen atoms in total. The van der Waals surface area contributed by atoms with Gasteiger partial charge >= 0.3 is 127 Å². The number of carbonyl (C=O) groups is 2. The van der Waals surface area contributed by atoms with Crippen LogP contribution in [0, 0.1) is 0 Å². The quantitative estimate of drug-likeness (QED) is 0.309. The maximum absolute atomic E-state index is 8.89. The van der Waals surface area contributed by atoms with Gasteiger partial charge in [0, 0.05) is 11.9 Å². The van der Waals surface area contributed by atoms with Crippen molar-refractivity contribution in [2.24, 2.45) is 0 Å². The van der Waals surface area contributed by atoms with E-state index in [9.17, 15) is 0 Å². The van der Waals surface area contributed by atoms with Gasteiger partial charge in [-0.05, 0) is 13.8 Å². The molecule has 0 heterocycles. The monoisotopic (exact) mass is 490 g/mol. The van der Waals surface area contributed by atoms with Gasteiger partial charge in [-0.1, -0.05) is 0 Å². The van der Waals surface area contributed by atoms with Gasteiger partial charge in [0.1, 0.15) is 0 Å². The molecule has 14 heavy (non-hydrogen) atoms. The Morgan fingerprint density at radius 3 is 0.929 bits per heavy atom. The minimum atomic E-state index is -4.08. The van der Waals surface area contributed by atoms with Crippen molar-refractivity contribution in [3.05, 3.63) is 0 Å². The number of carboxylic acid groups (broad SMARTS) is 2. The number of carboxylic acids is 2. The SMILES string of the molecule is CC(=O)[O-].CC(=O)[O-].[Ba+2].[Ba+2].[O]=[Ti]([O-])[O-]. The zero-order valence-electron chi connectivity index (χ0n) is 7.77. The molecule has 0 fully saturated rings. The molecule has 0 saturated carbocycles. The zero-order valence-corrected chi connectivity index (χ0v) is 18.2. The molecule has 0 rings (SSSR count). The summed E-state index contributed by atoms with van der Waals surface area (Å²) in [4.78, 5) is 17.8. The van der Waals surface area contributed by atoms with E-state index in [2.05, 4.69) is 0 Å². The molecule has 0 aliphatic carbocycles. The second-order valence-corrected chi connectivity index (χ2v) is 2.01. The van der Waals surface area contributed by atoms with Crippen LogP contribution in [0.2, 0.25) is 0 Å². The van der Waals surface area contributed by atoms with Crippen molar-refractivity contribution in [1.29, 1.82) is 0 Å². The average molecular weight is 489 g/mol. The van der Waals surface area contributed by atoms with Crippen LogP contribution in [0.5, 0.6) is 0 Å². The van der Waals surface area contributed by atoms with Crippen LogP contribution in [0.1, 0.15) is 13.8 Å². The predicted molar refractivity (Wildman–Crippen MR) is 33.6 cm³/mol. The first kappa shape index (κ1) is 30.0. The van der Waals surface area contributed by atoms with Crippen molar-refractivity contribution in [3.63, 3.8) is 0 Å². The molecule has 0 aromatic carbocycles. The number of aliphatic carboxylic acids is 2. The van der Waals surface area contributed by atoms with Gasteiger partial charge in [0.15, 0.2) is 0 Å². The van der Waals surface area contributed by atoms with Crippen LogP contribution >= 0.6 is 0 Å². The van der Waals surface area contributed by atoms with Crippen molar-refractivity contribution in [2.75, 3.05) is 0 Å². The zero-order chi connectivity index (χ0) is 10.7. The summed E-state index contributed by atoms with van der Waals surface area (Å²) in [7, 11) is 0. The summed E-state index contributed by atoms with van der Waals surface area (Å²) in [5.74, 6) is -2.17. The first-order chi connectivity index (χ1) is 5.20. The van der Waals surface area contributed by atoms with E-state index in [1.165, 1.54) is 0 Å². The fourth-order valence-electron chi connectivity index (χ4n) is 0. The molecular formula is C4H6Ba2O7Ti. The molecule has 0 aromatic rings. The standard InChI is InChI=1S/2C2H4O2.2Ba.3O.Ti/c2*1-2(3)4;;;;;;/h2*1H3,(H,3,4);;;;;;/q;;2*+2;;2*-1;/p-2. The van der Waals surface area contributed by atoms with Crippen molar-refractivity contribution < 1.29 is 49.1 Å². The molecule has 0 aliphatic heterocycles. The number of carbonyl (C=O) groups excluding carboxylic acids is 2. The van der Waals surface area contributed by atoms with Crippen LogP contribution in [-0.2, 0) is 31.5 Å². The minimum absolute atomic E-state index is 0. The number of rotatable bonds is 0. The van der Waals surface area contributed by atoms with Gasteiger partial charge in [0.2, 0.25) is 0 Å². The second-order valence-electron chi connectivity index (χ2n) is 1.23. The maximum atomic E-state index is 8.89. The third kappa shape index (κ3) is 419. The molecule has 0 aliphatic rings. The topological polar surface area (TPSA) is 143 Å². The van der Waals surface area contributed by atoms with E-state index in [0.29, 0.717) is 0 Å². The average Bonchev–Trinajstić information content (AvgIpc) is 1.54. The molecular weight excluding hydrogens is 483 g/mol. The van der Waals surface area contributed by atoms with Crippen LogP contribution < -0.4 is 17.6 Å². The Bertz CT molecular complexity index is 121. The summed E-state index contributed by atoms with van der Waals surface area (Å²) in [6.45, 7) is 1.94. The normalized spacial score (nSPS) is 5.43. The first-order valence-electron chi connectivity index (χ1n) is 2.43. The molecule has 0 amide bonds. The van der Waals surface area contributed by atoms with E-state index in [1.807, 2.05) is 0 Å². The fraction of sp³-hybridized carbons (Fsp3) is 0.500. The first-order valence-corrected chi connectivity index (χ1v) is 4.34. The molecule has 0 spiro atoms. The van der Waals surface area contributed by atoms with Crippen molar-refractivity contribution in [1.82, 2.24) is 0 Å². The van der Waals surface area contributed by atoms with Crippen LogP contribution in [0.25, 0.3) is 0 Å². The molecule has 10 heteroatoms. The molecule has 0 N–H and O–H groups in total. The molecule has 0 saturated heterocycles. The van der Waals surface area contributed by atoms with E-state index in [-0.39, 0.29) is 97.8 Å². The summed E-state index contributed by atoms with van der Waals surface area (Å²) in [5, 5.41) is 17.8. The van der Waals surface area contributed by atoms with Crippen LogP contribution in [0.15, 0.2) is 0 Å². The van der Waals surface area contributed by atoms with Gasteiger partial charge in [-0.25, -0.2) is 0 Å². The second kappa shape index (κ2) is 24.7. The molecule has 0 unspecified atom stereocenters. The Balaban J connectivity index is -0.0000000270. The Morgan fingerprint density at radius 2 is 0.929 bits per heavy atom. The third-order valence-corrected chi connectivity index (χ3v) is 0. The Labute approximate surface area is 169 Å². The molecule has 0 bridgehead atoms. The molecule has 0 aromatic heterocycles. The van der Waals surface area contributed by atoms with Crippen molar-refractivity contribution >= 4 is 110 Å². The third-order valence-electron chi connectivity index (χ3n) is 0. The molecule has 0 radical (unpaired) electrons. The Morgan fingerprint density at radius 1 is 0.929 bits per heavy atom. The van der Waals surface area contributed by atoms with Gasteiger partial charge in [-0.15, -0.1) is 0 Å². The summed E-state index contributed by atoms with van der Waals surface area (Å²) in [6.07, 6.45) is 0. The van der Waals surface area contributed by atoms with Crippen molar-refractivity contribution in [3.8, 4) is 0 Å². The summed E-state index contributed by atoms with van der Waals surface area (Å²) < 4.78 is 25.8. The summed E-state index contributed by atoms with van der Waals surface area (Å²) in [6, 6.07) is 0.